The van der Waals surface area contributed by atoms with Crippen molar-refractivity contribution in [3.8, 4) is 0 Å². The molecule has 21 heavy (non-hydrogen) atoms. The highest BCUT2D eigenvalue weighted by Gasteiger charge is 2.25. The van der Waals surface area contributed by atoms with E-state index in [1.807, 2.05) is 0 Å². The van der Waals surface area contributed by atoms with Crippen LogP contribution in [0.1, 0.15) is 68.7 Å². The molecule has 3 rings (SSSR count). The number of hydrogen-bond acceptors (Lipinski definition) is 0. The van der Waals surface area contributed by atoms with Gasteiger partial charge in [-0.2, -0.15) is 0 Å². The third-order valence-electron chi connectivity index (χ3n) is 4.79. The molecule has 0 atom stereocenters. The van der Waals surface area contributed by atoms with Crippen LogP contribution in [0.3, 0.4) is 0 Å². The number of unbranched alkanes of at least 4 members (excludes halogenated alkanes) is 1. The number of allylic oxidation sites excluding steroid dienone is 6. The van der Waals surface area contributed by atoms with Gasteiger partial charge in [0.05, 0.1) is 0 Å². The molecule has 0 nitrogen and oxygen atoms in total. The molecular weight excluding hydrogens is 252 g/mol. The molecule has 2 aliphatic carbocycles. The van der Waals surface area contributed by atoms with Crippen LogP contribution >= 0.6 is 0 Å². The zero-order valence-corrected chi connectivity index (χ0v) is 13.6. The molecule has 0 heteroatoms. The van der Waals surface area contributed by atoms with Crippen molar-refractivity contribution in [1.29, 1.82) is 0 Å². The summed E-state index contributed by atoms with van der Waals surface area (Å²) in [4.78, 5) is 0. The Balaban J connectivity index is 2.12. The van der Waals surface area contributed by atoms with Crippen molar-refractivity contribution >= 4 is 11.1 Å². The van der Waals surface area contributed by atoms with E-state index in [1.54, 1.807) is 16.7 Å². The van der Waals surface area contributed by atoms with Crippen molar-refractivity contribution < 1.29 is 0 Å². The van der Waals surface area contributed by atoms with Crippen LogP contribution in [0, 0.1) is 0 Å². The van der Waals surface area contributed by atoms with Gasteiger partial charge in [0, 0.05) is 0 Å². The molecule has 0 saturated heterocycles. The maximum atomic E-state index is 2.46. The highest BCUT2D eigenvalue weighted by Crippen LogP contribution is 2.42. The van der Waals surface area contributed by atoms with Gasteiger partial charge < -0.3 is 0 Å². The van der Waals surface area contributed by atoms with Crippen molar-refractivity contribution in [2.75, 3.05) is 0 Å². The molecule has 0 heterocycles. The molecule has 0 saturated carbocycles. The summed E-state index contributed by atoms with van der Waals surface area (Å²) in [5, 5.41) is 0. The summed E-state index contributed by atoms with van der Waals surface area (Å²) in [6.45, 7) is 6.77. The van der Waals surface area contributed by atoms with E-state index in [9.17, 15) is 0 Å². The molecule has 0 bridgehead atoms. The maximum Gasteiger partial charge on any atom is -0.00138 e. The summed E-state index contributed by atoms with van der Waals surface area (Å²) < 4.78 is 0. The highest BCUT2D eigenvalue weighted by atomic mass is 14.3. The first-order chi connectivity index (χ1) is 10.3. The van der Waals surface area contributed by atoms with Crippen LogP contribution in [0.5, 0.6) is 0 Å². The van der Waals surface area contributed by atoms with Gasteiger partial charge in [-0.3, -0.25) is 0 Å². The van der Waals surface area contributed by atoms with Gasteiger partial charge in [-0.05, 0) is 78.0 Å². The van der Waals surface area contributed by atoms with E-state index in [0.29, 0.717) is 0 Å². The topological polar surface area (TPSA) is 0 Å². The second-order valence-electron chi connectivity index (χ2n) is 6.26. The minimum Gasteiger partial charge on any atom is -0.0807 e. The summed E-state index contributed by atoms with van der Waals surface area (Å²) >= 11 is 0. The molecular formula is C21H26. The zero-order valence-electron chi connectivity index (χ0n) is 13.6. The first-order valence-electron chi connectivity index (χ1n) is 8.48. The Morgan fingerprint density at radius 3 is 2.62 bits per heavy atom. The second-order valence-corrected chi connectivity index (χ2v) is 6.26. The summed E-state index contributed by atoms with van der Waals surface area (Å²) in [5.74, 6) is 0. The van der Waals surface area contributed by atoms with Crippen molar-refractivity contribution in [3.05, 3.63) is 58.2 Å². The molecule has 0 N–H and O–H groups in total. The van der Waals surface area contributed by atoms with Crippen LogP contribution in [-0.2, 0) is 12.8 Å². The molecule has 0 radical (unpaired) electrons. The molecule has 0 aromatic heterocycles. The molecule has 0 fully saturated rings. The van der Waals surface area contributed by atoms with E-state index in [2.05, 4.69) is 51.1 Å². The second kappa shape index (κ2) is 6.05. The van der Waals surface area contributed by atoms with Crippen LogP contribution in [0.15, 0.2) is 35.9 Å². The largest absolute Gasteiger partial charge is 0.0807 e. The summed E-state index contributed by atoms with van der Waals surface area (Å²) in [6, 6.07) is 4.72. The van der Waals surface area contributed by atoms with Crippen LogP contribution in [0.2, 0.25) is 0 Å². The standard InChI is InChI=1S/C21H26/c1-4-6-10-18-16(8-5-2)14-21-19-11-7-9-15(3)17(19)12-13-20(18)21/h8-10,12-13H,4-7,11,14H2,1-3H3/b16-8+,18-10+. The molecule has 2 aliphatic rings. The smallest absolute Gasteiger partial charge is 0.00138 e. The molecule has 1 aromatic rings. The Hall–Kier alpha value is -1.56. The lowest BCUT2D eigenvalue weighted by atomic mass is 9.86. The van der Waals surface area contributed by atoms with E-state index < -0.39 is 0 Å². The van der Waals surface area contributed by atoms with Gasteiger partial charge in [0.1, 0.15) is 0 Å². The van der Waals surface area contributed by atoms with Crippen LogP contribution in [0.4, 0.5) is 0 Å². The van der Waals surface area contributed by atoms with Crippen molar-refractivity contribution in [2.24, 2.45) is 0 Å². The minimum absolute atomic E-state index is 1.13. The fourth-order valence-electron chi connectivity index (χ4n) is 3.76. The SMILES string of the molecule is CC/C=C1\Cc2c(ccc3c2CCC=C3C)\C1=C\CCC. The summed E-state index contributed by atoms with van der Waals surface area (Å²) in [5.41, 5.74) is 10.8. The van der Waals surface area contributed by atoms with Crippen molar-refractivity contribution in [2.45, 2.75) is 59.3 Å². The van der Waals surface area contributed by atoms with E-state index in [1.165, 1.54) is 48.0 Å². The Bertz CT molecular complexity index is 638. The first-order valence-corrected chi connectivity index (χ1v) is 8.48. The third-order valence-corrected chi connectivity index (χ3v) is 4.79. The molecule has 0 aliphatic heterocycles. The van der Waals surface area contributed by atoms with Crippen molar-refractivity contribution in [3.63, 3.8) is 0 Å². The Morgan fingerprint density at radius 1 is 1.05 bits per heavy atom. The van der Waals surface area contributed by atoms with Gasteiger partial charge in [-0.25, -0.2) is 0 Å². The third kappa shape index (κ3) is 2.52. The van der Waals surface area contributed by atoms with E-state index in [4.69, 9.17) is 0 Å². The number of benzene rings is 1. The van der Waals surface area contributed by atoms with Gasteiger partial charge in [0.25, 0.3) is 0 Å². The molecule has 0 spiro atoms. The highest BCUT2D eigenvalue weighted by molar-refractivity contribution is 5.88. The fraction of sp³-hybridized carbons (Fsp3) is 0.429. The summed E-state index contributed by atoms with van der Waals surface area (Å²) in [7, 11) is 0. The molecule has 0 unspecified atom stereocenters. The number of hydrogen-bond donors (Lipinski definition) is 0. The van der Waals surface area contributed by atoms with Gasteiger partial charge in [-0.1, -0.05) is 50.6 Å². The lowest BCUT2D eigenvalue weighted by Gasteiger charge is -2.18. The maximum absolute atomic E-state index is 2.46. The molecule has 0 amide bonds. The van der Waals surface area contributed by atoms with E-state index >= 15 is 0 Å². The Kier molecular flexibility index (Phi) is 4.14. The molecule has 110 valence electrons. The lowest BCUT2D eigenvalue weighted by Crippen LogP contribution is -2.02. The lowest BCUT2D eigenvalue weighted by molar-refractivity contribution is 0.951. The Labute approximate surface area is 129 Å². The quantitative estimate of drug-likeness (QED) is 0.625. The fourth-order valence-corrected chi connectivity index (χ4v) is 3.76. The normalized spacial score (nSPS) is 20.6. The van der Waals surface area contributed by atoms with Gasteiger partial charge >= 0.3 is 0 Å². The molecule has 1 aromatic carbocycles. The van der Waals surface area contributed by atoms with Crippen molar-refractivity contribution in [1.82, 2.24) is 0 Å². The van der Waals surface area contributed by atoms with Crippen LogP contribution in [0.25, 0.3) is 11.1 Å². The van der Waals surface area contributed by atoms with E-state index in [-0.39, 0.29) is 0 Å². The predicted molar refractivity (Wildman–Crippen MR) is 93.4 cm³/mol. The van der Waals surface area contributed by atoms with Crippen LogP contribution in [-0.4, -0.2) is 0 Å². The first kappa shape index (κ1) is 14.4. The van der Waals surface area contributed by atoms with Crippen LogP contribution < -0.4 is 0 Å². The van der Waals surface area contributed by atoms with Gasteiger partial charge in [0.2, 0.25) is 0 Å². The number of rotatable bonds is 3. The van der Waals surface area contributed by atoms with E-state index in [0.717, 1.165) is 12.8 Å². The average Bonchev–Trinajstić information content (AvgIpc) is 2.84. The minimum atomic E-state index is 1.13. The average molecular weight is 278 g/mol. The number of fused-ring (bicyclic) bond motifs is 3. The summed E-state index contributed by atoms with van der Waals surface area (Å²) in [6.07, 6.45) is 14.4. The van der Waals surface area contributed by atoms with Gasteiger partial charge in [0.15, 0.2) is 0 Å². The van der Waals surface area contributed by atoms with Gasteiger partial charge in [-0.15, -0.1) is 0 Å². The zero-order chi connectivity index (χ0) is 14.8. The predicted octanol–water partition coefficient (Wildman–Crippen LogP) is 6.11. The Morgan fingerprint density at radius 2 is 1.86 bits per heavy atom. The monoisotopic (exact) mass is 278 g/mol.